The number of hydrogen-bond acceptors (Lipinski definition) is 1. The number of fused-ring (bicyclic) bond motifs is 1. The largest absolute Gasteiger partial charge is 0.330 e. The monoisotopic (exact) mass is 267 g/mol. The summed E-state index contributed by atoms with van der Waals surface area (Å²) >= 11 is 3.55. The van der Waals surface area contributed by atoms with E-state index in [1.54, 1.807) is 0 Å². The van der Waals surface area contributed by atoms with Crippen LogP contribution in [0.15, 0.2) is 22.7 Å². The SMILES string of the molecule is CC1(C)CC(CCN)c2ccc(Br)cc21. The molecule has 1 unspecified atom stereocenters. The van der Waals surface area contributed by atoms with Gasteiger partial charge in [0.2, 0.25) is 0 Å². The predicted octanol–water partition coefficient (Wildman–Crippen LogP) is 3.56. The van der Waals surface area contributed by atoms with Crippen molar-refractivity contribution in [1.82, 2.24) is 0 Å². The van der Waals surface area contributed by atoms with Crippen LogP contribution in [0.1, 0.15) is 43.7 Å². The molecule has 0 spiro atoms. The third-order valence-corrected chi connectivity index (χ3v) is 3.95. The second kappa shape index (κ2) is 3.91. The van der Waals surface area contributed by atoms with Crippen LogP contribution in [-0.4, -0.2) is 6.54 Å². The van der Waals surface area contributed by atoms with Crippen LogP contribution < -0.4 is 5.73 Å². The van der Waals surface area contributed by atoms with Crippen molar-refractivity contribution in [3.8, 4) is 0 Å². The molecule has 1 aliphatic carbocycles. The van der Waals surface area contributed by atoms with Crippen LogP contribution >= 0.6 is 15.9 Å². The molecule has 1 aliphatic rings. The summed E-state index contributed by atoms with van der Waals surface area (Å²) in [5, 5.41) is 0. The Labute approximate surface area is 100 Å². The predicted molar refractivity (Wildman–Crippen MR) is 68.2 cm³/mol. The van der Waals surface area contributed by atoms with Crippen molar-refractivity contribution >= 4 is 15.9 Å². The van der Waals surface area contributed by atoms with Gasteiger partial charge in [-0.05, 0) is 54.0 Å². The van der Waals surface area contributed by atoms with Gasteiger partial charge in [-0.1, -0.05) is 35.8 Å². The summed E-state index contributed by atoms with van der Waals surface area (Å²) in [7, 11) is 0. The van der Waals surface area contributed by atoms with Crippen molar-refractivity contribution in [3.63, 3.8) is 0 Å². The van der Waals surface area contributed by atoms with E-state index in [4.69, 9.17) is 5.73 Å². The normalized spacial score (nSPS) is 22.8. The molecule has 2 rings (SSSR count). The standard InChI is InChI=1S/C13H18BrN/c1-13(2)8-9(5-6-15)11-4-3-10(14)7-12(11)13/h3-4,7,9H,5-6,8,15H2,1-2H3. The second-order valence-corrected chi connectivity index (χ2v) is 6.01. The molecule has 0 aromatic heterocycles. The lowest BCUT2D eigenvalue weighted by molar-refractivity contribution is 0.463. The van der Waals surface area contributed by atoms with E-state index in [1.165, 1.54) is 22.0 Å². The van der Waals surface area contributed by atoms with Crippen LogP contribution in [-0.2, 0) is 5.41 Å². The molecule has 1 nitrogen and oxygen atoms in total. The smallest absolute Gasteiger partial charge is 0.0178 e. The second-order valence-electron chi connectivity index (χ2n) is 5.09. The average Bonchev–Trinajstić information content (AvgIpc) is 2.39. The average molecular weight is 268 g/mol. The lowest BCUT2D eigenvalue weighted by atomic mass is 9.86. The maximum absolute atomic E-state index is 5.67. The van der Waals surface area contributed by atoms with Gasteiger partial charge < -0.3 is 5.73 Å². The Morgan fingerprint density at radius 2 is 2.20 bits per heavy atom. The highest BCUT2D eigenvalue weighted by Gasteiger charge is 2.36. The first-order valence-electron chi connectivity index (χ1n) is 5.54. The first-order valence-corrected chi connectivity index (χ1v) is 6.34. The molecule has 15 heavy (non-hydrogen) atoms. The molecule has 0 fully saturated rings. The molecule has 2 heteroatoms. The summed E-state index contributed by atoms with van der Waals surface area (Å²) in [5.74, 6) is 0.660. The van der Waals surface area contributed by atoms with Crippen LogP contribution in [0.5, 0.6) is 0 Å². The van der Waals surface area contributed by atoms with Crippen molar-refractivity contribution in [3.05, 3.63) is 33.8 Å². The zero-order valence-electron chi connectivity index (χ0n) is 9.39. The maximum atomic E-state index is 5.67. The molecule has 1 aromatic rings. The van der Waals surface area contributed by atoms with Crippen LogP contribution in [0.3, 0.4) is 0 Å². The Morgan fingerprint density at radius 3 is 2.87 bits per heavy atom. The van der Waals surface area contributed by atoms with Gasteiger partial charge in [-0.25, -0.2) is 0 Å². The van der Waals surface area contributed by atoms with E-state index in [0.29, 0.717) is 11.3 Å². The van der Waals surface area contributed by atoms with E-state index < -0.39 is 0 Å². The first kappa shape index (κ1) is 11.2. The Bertz CT molecular complexity index is 371. The highest BCUT2D eigenvalue weighted by atomic mass is 79.9. The summed E-state index contributed by atoms with van der Waals surface area (Å²) in [6, 6.07) is 6.67. The molecule has 0 bridgehead atoms. The third-order valence-electron chi connectivity index (χ3n) is 3.46. The lowest BCUT2D eigenvalue weighted by Crippen LogP contribution is -2.13. The van der Waals surface area contributed by atoms with Gasteiger partial charge in [0.15, 0.2) is 0 Å². The topological polar surface area (TPSA) is 26.0 Å². The number of benzene rings is 1. The van der Waals surface area contributed by atoms with Crippen LogP contribution in [0, 0.1) is 0 Å². The summed E-state index contributed by atoms with van der Waals surface area (Å²) in [6.07, 6.45) is 2.34. The zero-order chi connectivity index (χ0) is 11.1. The van der Waals surface area contributed by atoms with Crippen molar-refractivity contribution in [1.29, 1.82) is 0 Å². The Kier molecular flexibility index (Phi) is 2.91. The number of halogens is 1. The highest BCUT2D eigenvalue weighted by molar-refractivity contribution is 9.10. The van der Waals surface area contributed by atoms with E-state index in [9.17, 15) is 0 Å². The fraction of sp³-hybridized carbons (Fsp3) is 0.538. The van der Waals surface area contributed by atoms with Crippen molar-refractivity contribution in [2.45, 2.75) is 38.0 Å². The summed E-state index contributed by atoms with van der Waals surface area (Å²) in [4.78, 5) is 0. The number of rotatable bonds is 2. The van der Waals surface area contributed by atoms with Crippen LogP contribution in [0.2, 0.25) is 0 Å². The molecule has 0 saturated heterocycles. The summed E-state index contributed by atoms with van der Waals surface area (Å²) in [6.45, 7) is 5.44. The van der Waals surface area contributed by atoms with Crippen molar-refractivity contribution in [2.75, 3.05) is 6.54 Å². The molecule has 1 atom stereocenters. The summed E-state index contributed by atoms with van der Waals surface area (Å²) < 4.78 is 1.18. The molecule has 0 saturated carbocycles. The molecule has 2 N–H and O–H groups in total. The van der Waals surface area contributed by atoms with E-state index in [2.05, 4.69) is 48.0 Å². The van der Waals surface area contributed by atoms with Crippen LogP contribution in [0.25, 0.3) is 0 Å². The third kappa shape index (κ3) is 1.98. The van der Waals surface area contributed by atoms with E-state index in [0.717, 1.165) is 13.0 Å². The Morgan fingerprint density at radius 1 is 1.47 bits per heavy atom. The molecule has 0 radical (unpaired) electrons. The lowest BCUT2D eigenvalue weighted by Gasteiger charge is -2.19. The quantitative estimate of drug-likeness (QED) is 0.872. The Hall–Kier alpha value is -0.340. The van der Waals surface area contributed by atoms with Gasteiger partial charge in [-0.15, -0.1) is 0 Å². The van der Waals surface area contributed by atoms with Gasteiger partial charge >= 0.3 is 0 Å². The molecular formula is C13H18BrN. The van der Waals surface area contributed by atoms with Gasteiger partial charge in [0.25, 0.3) is 0 Å². The fourth-order valence-electron chi connectivity index (χ4n) is 2.77. The van der Waals surface area contributed by atoms with E-state index in [-0.39, 0.29) is 0 Å². The van der Waals surface area contributed by atoms with Crippen molar-refractivity contribution < 1.29 is 0 Å². The number of nitrogens with two attached hydrogens (primary N) is 1. The van der Waals surface area contributed by atoms with Crippen LogP contribution in [0.4, 0.5) is 0 Å². The van der Waals surface area contributed by atoms with Gasteiger partial charge in [0, 0.05) is 4.47 Å². The fourth-order valence-corrected chi connectivity index (χ4v) is 3.13. The zero-order valence-corrected chi connectivity index (χ0v) is 11.0. The molecule has 0 aliphatic heterocycles. The minimum atomic E-state index is 0.305. The minimum Gasteiger partial charge on any atom is -0.330 e. The highest BCUT2D eigenvalue weighted by Crippen LogP contribution is 2.47. The van der Waals surface area contributed by atoms with Crippen molar-refractivity contribution in [2.24, 2.45) is 5.73 Å². The van der Waals surface area contributed by atoms with Gasteiger partial charge in [0.1, 0.15) is 0 Å². The molecular weight excluding hydrogens is 250 g/mol. The minimum absolute atomic E-state index is 0.305. The Balaban J connectivity index is 2.43. The van der Waals surface area contributed by atoms with E-state index >= 15 is 0 Å². The first-order chi connectivity index (χ1) is 7.04. The molecule has 1 aromatic carbocycles. The number of hydrogen-bond donors (Lipinski definition) is 1. The van der Waals surface area contributed by atoms with E-state index in [1.807, 2.05) is 0 Å². The summed E-state index contributed by atoms with van der Waals surface area (Å²) in [5.41, 5.74) is 8.98. The van der Waals surface area contributed by atoms with Gasteiger partial charge in [-0.3, -0.25) is 0 Å². The maximum Gasteiger partial charge on any atom is 0.0178 e. The molecule has 0 heterocycles. The van der Waals surface area contributed by atoms with Gasteiger partial charge in [-0.2, -0.15) is 0 Å². The molecule has 82 valence electrons. The van der Waals surface area contributed by atoms with Gasteiger partial charge in [0.05, 0.1) is 0 Å². The molecule has 0 amide bonds.